The molecule has 0 spiro atoms. The highest BCUT2D eigenvalue weighted by Gasteiger charge is 2.28. The van der Waals surface area contributed by atoms with Crippen molar-refractivity contribution in [2.75, 3.05) is 31.9 Å². The monoisotopic (exact) mass is 546 g/mol. The first-order valence-corrected chi connectivity index (χ1v) is 14.6. The zero-order valence-electron chi connectivity index (χ0n) is 23.3. The predicted molar refractivity (Wildman–Crippen MR) is 158 cm³/mol. The largest absolute Gasteiger partial charge is 0.482 e. The van der Waals surface area contributed by atoms with Crippen molar-refractivity contribution in [3.63, 3.8) is 0 Å². The van der Waals surface area contributed by atoms with Crippen molar-refractivity contribution in [2.24, 2.45) is 0 Å². The summed E-state index contributed by atoms with van der Waals surface area (Å²) >= 11 is 6.68. The molecule has 2 N–H and O–H groups in total. The fraction of sp³-hybridized carbons (Fsp3) is 0.438. The molecule has 3 heterocycles. The average molecular weight is 547 g/mol. The molecule has 3 aromatic rings. The van der Waals surface area contributed by atoms with Gasteiger partial charge >= 0.3 is 0 Å². The van der Waals surface area contributed by atoms with E-state index in [0.717, 1.165) is 65.2 Å². The van der Waals surface area contributed by atoms with E-state index in [4.69, 9.17) is 22.1 Å². The van der Waals surface area contributed by atoms with Crippen LogP contribution in [0, 0.1) is 6.92 Å². The van der Waals surface area contributed by atoms with Gasteiger partial charge in [-0.2, -0.15) is 0 Å². The van der Waals surface area contributed by atoms with Crippen LogP contribution in [0.3, 0.4) is 0 Å². The third kappa shape index (κ3) is 5.92. The van der Waals surface area contributed by atoms with Gasteiger partial charge in [-0.15, -0.1) is 0 Å². The van der Waals surface area contributed by atoms with E-state index in [-0.39, 0.29) is 12.0 Å². The van der Waals surface area contributed by atoms with E-state index in [1.807, 2.05) is 55.1 Å². The highest BCUT2D eigenvalue weighted by Crippen LogP contribution is 2.36. The number of ether oxygens (including phenoxy) is 1. The predicted octanol–water partition coefficient (Wildman–Crippen LogP) is 6.70. The Balaban J connectivity index is 1.27. The Morgan fingerprint density at radius 3 is 2.44 bits per heavy atom. The van der Waals surface area contributed by atoms with Crippen LogP contribution in [0.2, 0.25) is 5.02 Å². The van der Waals surface area contributed by atoms with Crippen LogP contribution in [0.1, 0.15) is 72.7 Å². The number of benzene rings is 2. The Morgan fingerprint density at radius 1 is 1.08 bits per heavy atom. The zero-order valence-corrected chi connectivity index (χ0v) is 24.0. The minimum Gasteiger partial charge on any atom is -0.482 e. The summed E-state index contributed by atoms with van der Waals surface area (Å²) in [6, 6.07) is 14.4. The SMILES string of the molecule is CCc1ccc(C)c(Cl)c1C(C)Oc1cc(-c2ccc(C(=O)N3CCC(N4CCCC4)CC3)cc2)cnc1N. The summed E-state index contributed by atoms with van der Waals surface area (Å²) in [6.45, 7) is 10.2. The summed E-state index contributed by atoms with van der Waals surface area (Å²) in [7, 11) is 0. The number of nitrogens with two attached hydrogens (primary N) is 1. The first kappa shape index (κ1) is 27.5. The highest BCUT2D eigenvalue weighted by molar-refractivity contribution is 6.32. The summed E-state index contributed by atoms with van der Waals surface area (Å²) in [5.41, 5.74) is 11.9. The van der Waals surface area contributed by atoms with Crippen LogP contribution in [0.4, 0.5) is 5.82 Å². The Labute approximate surface area is 237 Å². The molecule has 5 rings (SSSR count). The quantitative estimate of drug-likeness (QED) is 0.357. The number of nitrogen functional groups attached to an aromatic ring is 1. The Bertz CT molecular complexity index is 1310. The molecule has 39 heavy (non-hydrogen) atoms. The van der Waals surface area contributed by atoms with Gasteiger partial charge in [-0.3, -0.25) is 4.79 Å². The van der Waals surface area contributed by atoms with Crippen LogP contribution in [0.15, 0.2) is 48.7 Å². The molecular formula is C32H39ClN4O2. The summed E-state index contributed by atoms with van der Waals surface area (Å²) in [5.74, 6) is 0.952. The number of carbonyl (C=O) groups is 1. The molecule has 0 radical (unpaired) electrons. The second-order valence-corrected chi connectivity index (χ2v) is 11.2. The lowest BCUT2D eigenvalue weighted by atomic mass is 9.98. The van der Waals surface area contributed by atoms with Crippen LogP contribution in [0.25, 0.3) is 11.1 Å². The van der Waals surface area contributed by atoms with E-state index in [1.54, 1.807) is 6.20 Å². The van der Waals surface area contributed by atoms with Crippen molar-refractivity contribution >= 4 is 23.3 Å². The molecule has 2 aliphatic rings. The molecule has 1 aromatic heterocycles. The summed E-state index contributed by atoms with van der Waals surface area (Å²) in [4.78, 5) is 22.2. The number of amides is 1. The second kappa shape index (κ2) is 12.0. The number of halogens is 1. The van der Waals surface area contributed by atoms with E-state index in [9.17, 15) is 4.79 Å². The summed E-state index contributed by atoms with van der Waals surface area (Å²) in [5, 5.41) is 0.727. The summed E-state index contributed by atoms with van der Waals surface area (Å²) in [6.07, 6.45) is 7.06. The highest BCUT2D eigenvalue weighted by atomic mass is 35.5. The van der Waals surface area contributed by atoms with E-state index >= 15 is 0 Å². The second-order valence-electron chi connectivity index (χ2n) is 10.8. The topological polar surface area (TPSA) is 71.7 Å². The van der Waals surface area contributed by atoms with Crippen LogP contribution in [0.5, 0.6) is 5.75 Å². The van der Waals surface area contributed by atoms with Crippen LogP contribution in [-0.2, 0) is 6.42 Å². The van der Waals surface area contributed by atoms with Crippen molar-refractivity contribution < 1.29 is 9.53 Å². The average Bonchev–Trinajstić information content (AvgIpc) is 3.50. The van der Waals surface area contributed by atoms with Gasteiger partial charge in [-0.05, 0) is 93.9 Å². The van der Waals surface area contributed by atoms with E-state index in [0.29, 0.717) is 23.2 Å². The molecule has 1 amide bonds. The molecule has 6 nitrogen and oxygen atoms in total. The normalized spacial score (nSPS) is 17.4. The Kier molecular flexibility index (Phi) is 8.43. The van der Waals surface area contributed by atoms with Crippen LogP contribution < -0.4 is 10.5 Å². The van der Waals surface area contributed by atoms with Crippen molar-refractivity contribution in [2.45, 2.75) is 65.0 Å². The number of anilines is 1. The molecule has 2 saturated heterocycles. The summed E-state index contributed by atoms with van der Waals surface area (Å²) < 4.78 is 6.32. The lowest BCUT2D eigenvalue weighted by Crippen LogP contribution is -2.45. The molecule has 2 fully saturated rings. The smallest absolute Gasteiger partial charge is 0.253 e. The van der Waals surface area contributed by atoms with Gasteiger partial charge in [0.2, 0.25) is 0 Å². The maximum atomic E-state index is 13.2. The molecule has 7 heteroatoms. The molecule has 2 aromatic carbocycles. The molecule has 0 bridgehead atoms. The molecule has 206 valence electrons. The van der Waals surface area contributed by atoms with E-state index < -0.39 is 0 Å². The van der Waals surface area contributed by atoms with Crippen molar-refractivity contribution in [1.82, 2.24) is 14.8 Å². The number of pyridine rings is 1. The van der Waals surface area contributed by atoms with Crippen LogP contribution >= 0.6 is 11.6 Å². The first-order valence-electron chi connectivity index (χ1n) is 14.2. The minimum absolute atomic E-state index is 0.108. The van der Waals surface area contributed by atoms with E-state index in [1.165, 1.54) is 25.9 Å². The van der Waals surface area contributed by atoms with Gasteiger partial charge in [0.1, 0.15) is 6.10 Å². The maximum absolute atomic E-state index is 13.2. The minimum atomic E-state index is -0.290. The maximum Gasteiger partial charge on any atom is 0.253 e. The standard InChI is InChI=1S/C32H39ClN4O2/c1-4-23-8-7-21(2)30(33)29(23)22(3)39-28-19-26(20-35-31(28)34)24-9-11-25(12-10-24)32(38)37-17-13-27(14-18-37)36-15-5-6-16-36/h7-12,19-20,22,27H,4-6,13-18H2,1-3H3,(H2,34,35). The van der Waals surface area contributed by atoms with Gasteiger partial charge in [-0.1, -0.05) is 42.8 Å². The van der Waals surface area contributed by atoms with Crippen molar-refractivity contribution in [3.8, 4) is 16.9 Å². The molecule has 0 aliphatic carbocycles. The molecule has 2 aliphatic heterocycles. The fourth-order valence-electron chi connectivity index (χ4n) is 5.98. The van der Waals surface area contributed by atoms with Crippen molar-refractivity contribution in [3.05, 3.63) is 75.9 Å². The lowest BCUT2D eigenvalue weighted by Gasteiger charge is -2.36. The lowest BCUT2D eigenvalue weighted by molar-refractivity contribution is 0.0644. The molecular weight excluding hydrogens is 508 g/mol. The Morgan fingerprint density at radius 2 is 1.77 bits per heavy atom. The van der Waals surface area contributed by atoms with Gasteiger partial charge in [0, 0.05) is 42.0 Å². The molecule has 0 saturated carbocycles. The van der Waals surface area contributed by atoms with Gasteiger partial charge in [0.05, 0.1) is 5.02 Å². The number of rotatable bonds is 7. The molecule has 1 atom stereocenters. The van der Waals surface area contributed by atoms with E-state index in [2.05, 4.69) is 22.9 Å². The van der Waals surface area contributed by atoms with Gasteiger partial charge in [0.15, 0.2) is 11.6 Å². The Hall–Kier alpha value is -3.09. The van der Waals surface area contributed by atoms with Gasteiger partial charge < -0.3 is 20.3 Å². The fourth-order valence-corrected chi connectivity index (χ4v) is 6.31. The molecule has 1 unspecified atom stereocenters. The van der Waals surface area contributed by atoms with Crippen molar-refractivity contribution in [1.29, 1.82) is 0 Å². The number of carbonyl (C=O) groups excluding carboxylic acids is 1. The number of hydrogen-bond acceptors (Lipinski definition) is 5. The third-order valence-corrected chi connectivity index (χ3v) is 8.81. The number of aromatic nitrogens is 1. The first-order chi connectivity index (χ1) is 18.9. The van der Waals surface area contributed by atoms with Gasteiger partial charge in [0.25, 0.3) is 5.91 Å². The number of nitrogens with zero attached hydrogens (tertiary/aromatic N) is 3. The zero-order chi connectivity index (χ0) is 27.5. The number of likely N-dealkylation sites (tertiary alicyclic amines) is 2. The van der Waals surface area contributed by atoms with Crippen LogP contribution in [-0.4, -0.2) is 52.9 Å². The number of hydrogen-bond donors (Lipinski definition) is 1. The van der Waals surface area contributed by atoms with Gasteiger partial charge in [-0.25, -0.2) is 4.98 Å². The third-order valence-electron chi connectivity index (χ3n) is 8.31. The number of aryl methyl sites for hydroxylation is 2. The number of piperidine rings is 1.